The van der Waals surface area contributed by atoms with Gasteiger partial charge in [-0.1, -0.05) is 6.07 Å². The van der Waals surface area contributed by atoms with Crippen molar-refractivity contribution in [2.24, 2.45) is 0 Å². The van der Waals surface area contributed by atoms with E-state index >= 15 is 0 Å². The van der Waals surface area contributed by atoms with Crippen LogP contribution in [0.2, 0.25) is 0 Å². The Morgan fingerprint density at radius 2 is 2.29 bits per heavy atom. The van der Waals surface area contributed by atoms with Crippen molar-refractivity contribution in [3.63, 3.8) is 0 Å². The Balaban J connectivity index is 2.68. The van der Waals surface area contributed by atoms with E-state index in [1.807, 2.05) is 6.07 Å². The molecule has 0 aliphatic heterocycles. The van der Waals surface area contributed by atoms with Crippen molar-refractivity contribution >= 4 is 5.97 Å². The minimum atomic E-state index is -0.864. The van der Waals surface area contributed by atoms with Crippen LogP contribution in [-0.4, -0.2) is 29.6 Å². The highest BCUT2D eigenvalue weighted by atomic mass is 19.1. The molecule has 0 amide bonds. The molecule has 0 aromatic heterocycles. The monoisotopic (exact) mass is 236 g/mol. The summed E-state index contributed by atoms with van der Waals surface area (Å²) in [6, 6.07) is 5.94. The van der Waals surface area contributed by atoms with Crippen LogP contribution in [0.1, 0.15) is 17.5 Å². The number of benzene rings is 1. The number of carbonyl (C=O) groups is 1. The fourth-order valence-corrected chi connectivity index (χ4v) is 1.45. The van der Waals surface area contributed by atoms with E-state index in [2.05, 4.69) is 0 Å². The molecule has 0 aliphatic rings. The zero-order chi connectivity index (χ0) is 12.8. The van der Waals surface area contributed by atoms with E-state index < -0.39 is 11.8 Å². The summed E-state index contributed by atoms with van der Waals surface area (Å²) in [6.45, 7) is 0.814. The van der Waals surface area contributed by atoms with Crippen LogP contribution in [0.15, 0.2) is 18.2 Å². The van der Waals surface area contributed by atoms with Gasteiger partial charge in [-0.25, -0.2) is 4.39 Å². The second-order valence-corrected chi connectivity index (χ2v) is 3.79. The van der Waals surface area contributed by atoms with Crippen LogP contribution in [0, 0.1) is 17.1 Å². The van der Waals surface area contributed by atoms with E-state index in [4.69, 9.17) is 10.4 Å². The smallest absolute Gasteiger partial charge is 0.304 e. The molecular weight excluding hydrogens is 223 g/mol. The second-order valence-electron chi connectivity index (χ2n) is 3.79. The normalized spacial score (nSPS) is 10.2. The molecule has 0 bridgehead atoms. The summed E-state index contributed by atoms with van der Waals surface area (Å²) in [5.74, 6) is -1.31. The van der Waals surface area contributed by atoms with E-state index in [1.165, 1.54) is 12.1 Å². The van der Waals surface area contributed by atoms with Crippen LogP contribution in [0.4, 0.5) is 4.39 Å². The number of rotatable bonds is 5. The van der Waals surface area contributed by atoms with Crippen LogP contribution in [0.25, 0.3) is 0 Å². The van der Waals surface area contributed by atoms with Crippen molar-refractivity contribution in [1.29, 1.82) is 5.26 Å². The molecule has 17 heavy (non-hydrogen) atoms. The van der Waals surface area contributed by atoms with E-state index in [-0.39, 0.29) is 12.0 Å². The largest absolute Gasteiger partial charge is 0.481 e. The molecule has 1 rings (SSSR count). The summed E-state index contributed by atoms with van der Waals surface area (Å²) in [7, 11) is 1.76. The number of carboxylic acid groups (broad SMARTS) is 1. The first-order valence-electron chi connectivity index (χ1n) is 5.12. The van der Waals surface area contributed by atoms with Crippen LogP contribution in [0.5, 0.6) is 0 Å². The third-order valence-electron chi connectivity index (χ3n) is 2.34. The molecule has 0 fully saturated rings. The first kappa shape index (κ1) is 13.1. The summed E-state index contributed by atoms with van der Waals surface area (Å²) in [6.07, 6.45) is 0.0413. The molecular formula is C12H13FN2O2. The number of aliphatic carboxylic acids is 1. The lowest BCUT2D eigenvalue weighted by Gasteiger charge is -2.16. The Hall–Kier alpha value is -1.93. The minimum absolute atomic E-state index is 0.0413. The lowest BCUT2D eigenvalue weighted by Crippen LogP contribution is -2.21. The van der Waals surface area contributed by atoms with Crippen molar-refractivity contribution in [2.45, 2.75) is 13.0 Å². The van der Waals surface area contributed by atoms with E-state index in [0.29, 0.717) is 18.7 Å². The number of carboxylic acids is 1. The molecule has 0 unspecified atom stereocenters. The summed E-state index contributed by atoms with van der Waals surface area (Å²) < 4.78 is 12.9. The molecule has 5 heteroatoms. The van der Waals surface area contributed by atoms with Crippen molar-refractivity contribution in [3.8, 4) is 6.07 Å². The fraction of sp³-hybridized carbons (Fsp3) is 0.333. The van der Waals surface area contributed by atoms with Crippen molar-refractivity contribution in [2.75, 3.05) is 13.6 Å². The van der Waals surface area contributed by atoms with Gasteiger partial charge in [0.05, 0.1) is 18.1 Å². The van der Waals surface area contributed by atoms with Gasteiger partial charge in [0.15, 0.2) is 0 Å². The first-order valence-corrected chi connectivity index (χ1v) is 5.12. The van der Waals surface area contributed by atoms with Crippen molar-refractivity contribution in [3.05, 3.63) is 35.1 Å². The van der Waals surface area contributed by atoms with Crippen molar-refractivity contribution in [1.82, 2.24) is 4.90 Å². The van der Waals surface area contributed by atoms with Gasteiger partial charge in [0.2, 0.25) is 0 Å². The lowest BCUT2D eigenvalue weighted by molar-refractivity contribution is -0.137. The van der Waals surface area contributed by atoms with E-state index in [9.17, 15) is 9.18 Å². The Kier molecular flexibility index (Phi) is 4.61. The van der Waals surface area contributed by atoms with Crippen LogP contribution < -0.4 is 0 Å². The SMILES string of the molecule is CN(CCC(=O)O)Cc1ccc(F)cc1C#N. The van der Waals surface area contributed by atoms with Gasteiger partial charge in [0, 0.05) is 13.1 Å². The highest BCUT2D eigenvalue weighted by Gasteiger charge is 2.08. The van der Waals surface area contributed by atoms with E-state index in [1.54, 1.807) is 18.0 Å². The molecule has 0 spiro atoms. The number of nitriles is 1. The molecule has 4 nitrogen and oxygen atoms in total. The zero-order valence-corrected chi connectivity index (χ0v) is 9.48. The van der Waals surface area contributed by atoms with Gasteiger partial charge >= 0.3 is 5.97 Å². The Bertz CT molecular complexity index is 454. The molecule has 1 N–H and O–H groups in total. The maximum Gasteiger partial charge on any atom is 0.304 e. The van der Waals surface area contributed by atoms with Crippen LogP contribution in [0.3, 0.4) is 0 Å². The van der Waals surface area contributed by atoms with Gasteiger partial charge in [-0.15, -0.1) is 0 Å². The Labute approximate surface area is 98.9 Å². The molecule has 0 aliphatic carbocycles. The fourth-order valence-electron chi connectivity index (χ4n) is 1.45. The predicted octanol–water partition coefficient (Wildman–Crippen LogP) is 1.60. The maximum absolute atomic E-state index is 12.9. The standard InChI is InChI=1S/C12H13FN2O2/c1-15(5-4-12(16)17)8-9-2-3-11(13)6-10(9)7-14/h2-3,6H,4-5,8H2,1H3,(H,16,17). The first-order chi connectivity index (χ1) is 8.02. The Morgan fingerprint density at radius 3 is 2.88 bits per heavy atom. The molecule has 0 saturated heterocycles. The third kappa shape index (κ3) is 4.21. The third-order valence-corrected chi connectivity index (χ3v) is 2.34. The number of nitrogens with zero attached hydrogens (tertiary/aromatic N) is 2. The topological polar surface area (TPSA) is 64.3 Å². The maximum atomic E-state index is 12.9. The highest BCUT2D eigenvalue weighted by molar-refractivity contribution is 5.66. The molecule has 90 valence electrons. The second kappa shape index (κ2) is 5.97. The van der Waals surface area contributed by atoms with Gasteiger partial charge in [0.25, 0.3) is 0 Å². The molecule has 0 saturated carbocycles. The zero-order valence-electron chi connectivity index (χ0n) is 9.48. The number of hydrogen-bond acceptors (Lipinski definition) is 3. The van der Waals surface area contributed by atoms with Gasteiger partial charge in [-0.05, 0) is 24.7 Å². The van der Waals surface area contributed by atoms with Crippen LogP contribution >= 0.6 is 0 Å². The average molecular weight is 236 g/mol. The molecule has 0 atom stereocenters. The summed E-state index contributed by atoms with van der Waals surface area (Å²) in [5.41, 5.74) is 0.981. The summed E-state index contributed by atoms with van der Waals surface area (Å²) in [5, 5.41) is 17.4. The minimum Gasteiger partial charge on any atom is -0.481 e. The molecule has 1 aromatic rings. The predicted molar refractivity (Wildman–Crippen MR) is 59.7 cm³/mol. The molecule has 0 heterocycles. The summed E-state index contributed by atoms with van der Waals surface area (Å²) in [4.78, 5) is 12.2. The number of hydrogen-bond donors (Lipinski definition) is 1. The van der Waals surface area contributed by atoms with Crippen LogP contribution in [-0.2, 0) is 11.3 Å². The van der Waals surface area contributed by atoms with Crippen molar-refractivity contribution < 1.29 is 14.3 Å². The van der Waals surface area contributed by atoms with Gasteiger partial charge in [0.1, 0.15) is 5.82 Å². The number of halogens is 1. The summed E-state index contributed by atoms with van der Waals surface area (Å²) >= 11 is 0. The average Bonchev–Trinajstić information content (AvgIpc) is 2.28. The van der Waals surface area contributed by atoms with Gasteiger partial charge in [-0.3, -0.25) is 4.79 Å². The quantitative estimate of drug-likeness (QED) is 0.843. The lowest BCUT2D eigenvalue weighted by atomic mass is 10.1. The molecule has 0 radical (unpaired) electrons. The molecule has 1 aromatic carbocycles. The van der Waals surface area contributed by atoms with E-state index in [0.717, 1.165) is 0 Å². The Morgan fingerprint density at radius 1 is 1.59 bits per heavy atom. The highest BCUT2D eigenvalue weighted by Crippen LogP contribution is 2.12. The van der Waals surface area contributed by atoms with Gasteiger partial charge < -0.3 is 10.0 Å². The van der Waals surface area contributed by atoms with Gasteiger partial charge in [-0.2, -0.15) is 5.26 Å².